The summed E-state index contributed by atoms with van der Waals surface area (Å²) in [6.45, 7) is 9.28. The Hall–Kier alpha value is -0.700. The highest BCUT2D eigenvalue weighted by molar-refractivity contribution is 7.96. The second-order valence-electron chi connectivity index (χ2n) is 5.85. The van der Waals surface area contributed by atoms with Gasteiger partial charge in [-0.2, -0.15) is 0 Å². The summed E-state index contributed by atoms with van der Waals surface area (Å²) in [5.74, 6) is 8.41. The Kier molecular flexibility index (Phi) is 14.4. The Labute approximate surface area is 146 Å². The van der Waals surface area contributed by atoms with E-state index in [4.69, 9.17) is 5.11 Å². The molecule has 134 valence electrons. The number of carbonyl (C=O) groups excluding carboxylic acids is 1. The zero-order valence-electron chi connectivity index (χ0n) is 15.2. The molecule has 0 bridgehead atoms. The monoisotopic (exact) mass is 342 g/mol. The topological polar surface area (TPSA) is 52.6 Å². The molecule has 0 aromatic carbocycles. The van der Waals surface area contributed by atoms with Gasteiger partial charge >= 0.3 is 0 Å². The zero-order valence-corrected chi connectivity index (χ0v) is 16.0. The number of nitrogens with zero attached hydrogens (tertiary/aromatic N) is 1. The second-order valence-corrected chi connectivity index (χ2v) is 7.20. The van der Waals surface area contributed by atoms with Gasteiger partial charge in [0.25, 0.3) is 0 Å². The Morgan fingerprint density at radius 1 is 1.30 bits per heavy atom. The fraction of sp³-hybridized carbons (Fsp3) is 0.833. The Bertz CT molecular complexity index is 356. The molecule has 23 heavy (non-hydrogen) atoms. The van der Waals surface area contributed by atoms with Gasteiger partial charge in [-0.1, -0.05) is 32.7 Å². The molecular formula is C18H34N2O2S. The maximum Gasteiger partial charge on any atom is 0.223 e. The molecule has 1 aliphatic rings. The van der Waals surface area contributed by atoms with Crippen molar-refractivity contribution in [2.24, 2.45) is 11.8 Å². The van der Waals surface area contributed by atoms with E-state index in [2.05, 4.69) is 42.2 Å². The van der Waals surface area contributed by atoms with Crippen molar-refractivity contribution in [1.82, 2.24) is 9.62 Å². The fourth-order valence-electron chi connectivity index (χ4n) is 2.40. The van der Waals surface area contributed by atoms with E-state index in [0.717, 1.165) is 64.6 Å². The van der Waals surface area contributed by atoms with E-state index in [1.165, 1.54) is 0 Å². The third kappa shape index (κ3) is 11.5. The van der Waals surface area contributed by atoms with E-state index in [1.807, 2.05) is 11.9 Å². The lowest BCUT2D eigenvalue weighted by molar-refractivity contribution is -0.126. The van der Waals surface area contributed by atoms with Crippen LogP contribution in [0.15, 0.2) is 0 Å². The van der Waals surface area contributed by atoms with Crippen LogP contribution in [0.25, 0.3) is 0 Å². The average Bonchev–Trinajstić information content (AvgIpc) is 2.56. The first kappa shape index (κ1) is 22.3. The van der Waals surface area contributed by atoms with Gasteiger partial charge < -0.3 is 10.4 Å². The number of nitrogens with one attached hydrogen (secondary N) is 1. The van der Waals surface area contributed by atoms with Gasteiger partial charge in [-0.15, -0.1) is 11.8 Å². The van der Waals surface area contributed by atoms with Gasteiger partial charge in [0.05, 0.1) is 0 Å². The van der Waals surface area contributed by atoms with Crippen LogP contribution >= 0.6 is 11.9 Å². The SMILES string of the molecule is CCSN1CCC(C(=O)NCCCCC#CC(C)C)CC1.CO. The first-order valence-electron chi connectivity index (χ1n) is 8.72. The van der Waals surface area contributed by atoms with Crippen LogP contribution in [0.5, 0.6) is 0 Å². The minimum absolute atomic E-state index is 0.222. The van der Waals surface area contributed by atoms with Gasteiger partial charge in [0, 0.05) is 50.8 Å². The van der Waals surface area contributed by atoms with Crippen LogP contribution in [-0.2, 0) is 4.79 Å². The van der Waals surface area contributed by atoms with Crippen molar-refractivity contribution in [3.05, 3.63) is 0 Å². The summed E-state index contributed by atoms with van der Waals surface area (Å²) < 4.78 is 2.39. The van der Waals surface area contributed by atoms with E-state index in [0.29, 0.717) is 5.92 Å². The molecule has 0 aliphatic carbocycles. The predicted molar refractivity (Wildman–Crippen MR) is 100 cm³/mol. The maximum absolute atomic E-state index is 12.1. The Balaban J connectivity index is 0.00000232. The molecule has 0 saturated carbocycles. The van der Waals surface area contributed by atoms with Gasteiger partial charge in [0.15, 0.2) is 0 Å². The van der Waals surface area contributed by atoms with Crippen molar-refractivity contribution < 1.29 is 9.90 Å². The van der Waals surface area contributed by atoms with Crippen LogP contribution in [0.4, 0.5) is 0 Å². The van der Waals surface area contributed by atoms with Crippen molar-refractivity contribution in [2.45, 2.75) is 52.9 Å². The average molecular weight is 343 g/mol. The summed E-state index contributed by atoms with van der Waals surface area (Å²) >= 11 is 1.89. The van der Waals surface area contributed by atoms with Crippen molar-refractivity contribution in [3.8, 4) is 11.8 Å². The highest BCUT2D eigenvalue weighted by Crippen LogP contribution is 2.22. The minimum atomic E-state index is 0.222. The standard InChI is InChI=1S/C17H30N2OS.CH4O/c1-4-21-19-13-10-16(11-14-19)17(20)18-12-8-6-5-7-9-15(2)3;1-2/h15-16H,4-6,8,10-14H2,1-3H3,(H,18,20);2H,1H3. The number of unbranched alkanes of at least 4 members (excludes halogenated alkanes) is 2. The van der Waals surface area contributed by atoms with E-state index in [9.17, 15) is 4.79 Å². The molecule has 1 saturated heterocycles. The zero-order chi connectivity index (χ0) is 17.5. The van der Waals surface area contributed by atoms with Crippen molar-refractivity contribution >= 4 is 17.9 Å². The minimum Gasteiger partial charge on any atom is -0.400 e. The fourth-order valence-corrected chi connectivity index (χ4v) is 3.23. The molecule has 4 nitrogen and oxygen atoms in total. The van der Waals surface area contributed by atoms with Crippen LogP contribution in [-0.4, -0.2) is 47.8 Å². The van der Waals surface area contributed by atoms with E-state index in [1.54, 1.807) is 0 Å². The third-order valence-electron chi connectivity index (χ3n) is 3.55. The molecule has 0 aromatic rings. The smallest absolute Gasteiger partial charge is 0.223 e. The van der Waals surface area contributed by atoms with Crippen molar-refractivity contribution in [3.63, 3.8) is 0 Å². The summed E-state index contributed by atoms with van der Waals surface area (Å²) in [5.41, 5.74) is 0. The number of carbonyl (C=O) groups is 1. The highest BCUT2D eigenvalue weighted by atomic mass is 32.2. The molecule has 1 heterocycles. The number of hydrogen-bond donors (Lipinski definition) is 2. The highest BCUT2D eigenvalue weighted by Gasteiger charge is 2.24. The first-order valence-corrected chi connectivity index (χ1v) is 9.66. The van der Waals surface area contributed by atoms with Gasteiger partial charge in [0.2, 0.25) is 5.91 Å². The van der Waals surface area contributed by atoms with Crippen molar-refractivity contribution in [2.75, 3.05) is 32.5 Å². The number of piperidine rings is 1. The Morgan fingerprint density at radius 3 is 2.52 bits per heavy atom. The lowest BCUT2D eigenvalue weighted by Crippen LogP contribution is -2.38. The molecule has 1 fully saturated rings. The van der Waals surface area contributed by atoms with Gasteiger partial charge in [-0.25, -0.2) is 0 Å². The summed E-state index contributed by atoms with van der Waals surface area (Å²) in [7, 11) is 1.00. The predicted octanol–water partition coefficient (Wildman–Crippen LogP) is 2.92. The molecule has 1 rings (SSSR count). The van der Waals surface area contributed by atoms with Crippen LogP contribution in [0.2, 0.25) is 0 Å². The van der Waals surface area contributed by atoms with Crippen molar-refractivity contribution in [1.29, 1.82) is 0 Å². The molecule has 0 spiro atoms. The molecule has 0 radical (unpaired) electrons. The number of hydrogen-bond acceptors (Lipinski definition) is 4. The summed E-state index contributed by atoms with van der Waals surface area (Å²) in [5, 5.41) is 10.1. The van der Waals surface area contributed by atoms with Crippen LogP contribution in [0.1, 0.15) is 52.9 Å². The van der Waals surface area contributed by atoms with E-state index >= 15 is 0 Å². The maximum atomic E-state index is 12.1. The largest absolute Gasteiger partial charge is 0.400 e. The van der Waals surface area contributed by atoms with Gasteiger partial charge in [-0.3, -0.25) is 9.10 Å². The number of aliphatic hydroxyl groups is 1. The lowest BCUT2D eigenvalue weighted by atomic mass is 9.97. The quantitative estimate of drug-likeness (QED) is 0.424. The number of aliphatic hydroxyl groups excluding tert-OH is 1. The third-order valence-corrected chi connectivity index (χ3v) is 4.54. The van der Waals surface area contributed by atoms with E-state index < -0.39 is 0 Å². The molecule has 1 amide bonds. The molecule has 0 atom stereocenters. The van der Waals surface area contributed by atoms with Crippen LogP contribution < -0.4 is 5.32 Å². The molecule has 0 unspecified atom stereocenters. The number of amides is 1. The Morgan fingerprint density at radius 2 is 1.96 bits per heavy atom. The summed E-state index contributed by atoms with van der Waals surface area (Å²) in [6, 6.07) is 0. The molecule has 0 aromatic heterocycles. The van der Waals surface area contributed by atoms with Gasteiger partial charge in [-0.05, 0) is 25.7 Å². The molecule has 1 aliphatic heterocycles. The number of rotatable bonds is 7. The lowest BCUT2D eigenvalue weighted by Gasteiger charge is -2.29. The van der Waals surface area contributed by atoms with Gasteiger partial charge in [0.1, 0.15) is 0 Å². The second kappa shape index (κ2) is 14.9. The first-order chi connectivity index (χ1) is 11.1. The molecule has 5 heteroatoms. The van der Waals surface area contributed by atoms with Crippen LogP contribution in [0.3, 0.4) is 0 Å². The summed E-state index contributed by atoms with van der Waals surface area (Å²) in [4.78, 5) is 12.1. The van der Waals surface area contributed by atoms with Crippen LogP contribution in [0, 0.1) is 23.7 Å². The van der Waals surface area contributed by atoms with E-state index in [-0.39, 0.29) is 11.8 Å². The molecule has 2 N–H and O–H groups in total. The summed E-state index contributed by atoms with van der Waals surface area (Å²) in [6.07, 6.45) is 5.05. The normalized spacial score (nSPS) is 15.4. The molecular weight excluding hydrogens is 308 g/mol.